The molecule has 2 N–H and O–H groups in total. The van der Waals surface area contributed by atoms with Crippen LogP contribution in [0.5, 0.6) is 0 Å². The maximum atomic E-state index is 5.48. The Labute approximate surface area is 50.6 Å². The van der Waals surface area contributed by atoms with Crippen LogP contribution in [0, 0.1) is 11.8 Å². The Morgan fingerprint density at radius 1 is 1.75 bits per heavy atom. The number of hydrogen-bond donors (Lipinski definition) is 1. The first-order chi connectivity index (χ1) is 3.84. The van der Waals surface area contributed by atoms with Crippen LogP contribution in [0.2, 0.25) is 0 Å². The molecule has 1 aliphatic carbocycles. The summed E-state index contributed by atoms with van der Waals surface area (Å²) in [6.45, 7) is 3.06. The molecule has 0 radical (unpaired) electrons. The van der Waals surface area contributed by atoms with Crippen molar-refractivity contribution < 1.29 is 0 Å². The molecule has 0 saturated heterocycles. The highest BCUT2D eigenvalue weighted by molar-refractivity contribution is 4.99. The van der Waals surface area contributed by atoms with Crippen molar-refractivity contribution in [2.24, 2.45) is 17.6 Å². The molecule has 0 saturated carbocycles. The molecule has 1 nitrogen and oxygen atoms in total. The van der Waals surface area contributed by atoms with Crippen molar-refractivity contribution in [3.05, 3.63) is 12.2 Å². The Balaban J connectivity index is 2.38. The second-order valence-corrected chi connectivity index (χ2v) is 2.52. The van der Waals surface area contributed by atoms with Gasteiger partial charge in [-0.3, -0.25) is 0 Å². The van der Waals surface area contributed by atoms with E-state index >= 15 is 0 Å². The zero-order valence-corrected chi connectivity index (χ0v) is 5.30. The van der Waals surface area contributed by atoms with E-state index in [1.807, 2.05) is 0 Å². The molecule has 8 heavy (non-hydrogen) atoms. The van der Waals surface area contributed by atoms with Crippen molar-refractivity contribution in [2.45, 2.75) is 13.3 Å². The normalized spacial score (nSPS) is 36.2. The van der Waals surface area contributed by atoms with Crippen LogP contribution in [0.25, 0.3) is 0 Å². The molecule has 0 spiro atoms. The molecule has 1 aliphatic rings. The highest BCUT2D eigenvalue weighted by Gasteiger charge is 2.15. The lowest BCUT2D eigenvalue weighted by Gasteiger charge is -2.10. The van der Waals surface area contributed by atoms with Gasteiger partial charge in [-0.25, -0.2) is 0 Å². The summed E-state index contributed by atoms with van der Waals surface area (Å²) in [5.41, 5.74) is 5.48. The van der Waals surface area contributed by atoms with Gasteiger partial charge in [0.25, 0.3) is 0 Å². The summed E-state index contributed by atoms with van der Waals surface area (Å²) in [5, 5.41) is 0. The van der Waals surface area contributed by atoms with Crippen molar-refractivity contribution in [1.29, 1.82) is 0 Å². The topological polar surface area (TPSA) is 26.0 Å². The van der Waals surface area contributed by atoms with Gasteiger partial charge in [-0.1, -0.05) is 19.1 Å². The van der Waals surface area contributed by atoms with Crippen LogP contribution in [0.15, 0.2) is 12.2 Å². The van der Waals surface area contributed by atoms with Crippen LogP contribution >= 0.6 is 0 Å². The molecule has 0 fully saturated rings. The third kappa shape index (κ3) is 0.920. The van der Waals surface area contributed by atoms with Gasteiger partial charge < -0.3 is 5.73 Å². The Morgan fingerprint density at radius 2 is 2.50 bits per heavy atom. The lowest BCUT2D eigenvalue weighted by molar-refractivity contribution is 0.464. The summed E-state index contributed by atoms with van der Waals surface area (Å²) in [7, 11) is 0. The average Bonchev–Trinajstić information content (AvgIpc) is 2.14. The summed E-state index contributed by atoms with van der Waals surface area (Å²) in [4.78, 5) is 0. The van der Waals surface area contributed by atoms with Gasteiger partial charge in [0.15, 0.2) is 0 Å². The summed E-state index contributed by atoms with van der Waals surface area (Å²) < 4.78 is 0. The van der Waals surface area contributed by atoms with Gasteiger partial charge in [0, 0.05) is 0 Å². The fourth-order valence-electron chi connectivity index (χ4n) is 1.15. The summed E-state index contributed by atoms with van der Waals surface area (Å²) in [6, 6.07) is 0. The molecule has 0 aliphatic heterocycles. The van der Waals surface area contributed by atoms with E-state index in [1.54, 1.807) is 0 Å². The van der Waals surface area contributed by atoms with Gasteiger partial charge in [0.2, 0.25) is 0 Å². The van der Waals surface area contributed by atoms with Crippen LogP contribution < -0.4 is 5.73 Å². The predicted molar refractivity (Wildman–Crippen MR) is 35.5 cm³/mol. The number of allylic oxidation sites excluding steroid dienone is 2. The number of hydrogen-bond acceptors (Lipinski definition) is 1. The molecule has 1 heteroatoms. The molecule has 1 rings (SSSR count). The second-order valence-electron chi connectivity index (χ2n) is 2.52. The van der Waals surface area contributed by atoms with Crippen LogP contribution in [-0.2, 0) is 0 Å². The SMILES string of the molecule is CC1C=CCC1CN. The van der Waals surface area contributed by atoms with Crippen molar-refractivity contribution >= 4 is 0 Å². The quantitative estimate of drug-likeness (QED) is 0.505. The van der Waals surface area contributed by atoms with E-state index in [0.717, 1.165) is 18.4 Å². The third-order valence-electron chi connectivity index (χ3n) is 1.92. The van der Waals surface area contributed by atoms with Crippen LogP contribution in [-0.4, -0.2) is 6.54 Å². The molecule has 2 unspecified atom stereocenters. The average molecular weight is 111 g/mol. The maximum Gasteiger partial charge on any atom is -0.00404 e. The monoisotopic (exact) mass is 111 g/mol. The molecular formula is C7H13N. The largest absolute Gasteiger partial charge is 0.330 e. The fourth-order valence-corrected chi connectivity index (χ4v) is 1.15. The molecule has 2 atom stereocenters. The smallest absolute Gasteiger partial charge is 0.00404 e. The van der Waals surface area contributed by atoms with Gasteiger partial charge in [0.1, 0.15) is 0 Å². The van der Waals surface area contributed by atoms with Crippen molar-refractivity contribution in [3.8, 4) is 0 Å². The Kier molecular flexibility index (Phi) is 1.69. The van der Waals surface area contributed by atoms with Crippen LogP contribution in [0.4, 0.5) is 0 Å². The van der Waals surface area contributed by atoms with Crippen molar-refractivity contribution in [3.63, 3.8) is 0 Å². The first-order valence-electron chi connectivity index (χ1n) is 3.21. The van der Waals surface area contributed by atoms with Crippen molar-refractivity contribution in [1.82, 2.24) is 0 Å². The molecule has 46 valence electrons. The molecule has 0 heterocycles. The zero-order chi connectivity index (χ0) is 5.98. The highest BCUT2D eigenvalue weighted by atomic mass is 14.6. The molecule has 0 aromatic heterocycles. The molecule has 0 amide bonds. The van der Waals surface area contributed by atoms with Crippen molar-refractivity contribution in [2.75, 3.05) is 6.54 Å². The molecule has 0 aromatic carbocycles. The Morgan fingerprint density at radius 3 is 2.75 bits per heavy atom. The van der Waals surface area contributed by atoms with Gasteiger partial charge in [0.05, 0.1) is 0 Å². The summed E-state index contributed by atoms with van der Waals surface area (Å²) >= 11 is 0. The first-order valence-corrected chi connectivity index (χ1v) is 3.21. The number of rotatable bonds is 1. The van der Waals surface area contributed by atoms with E-state index in [4.69, 9.17) is 5.73 Å². The van der Waals surface area contributed by atoms with Crippen LogP contribution in [0.1, 0.15) is 13.3 Å². The van der Waals surface area contributed by atoms with E-state index in [0.29, 0.717) is 0 Å². The zero-order valence-electron chi connectivity index (χ0n) is 5.30. The van der Waals surface area contributed by atoms with Crippen LogP contribution in [0.3, 0.4) is 0 Å². The maximum absolute atomic E-state index is 5.48. The second kappa shape index (κ2) is 2.31. The minimum Gasteiger partial charge on any atom is -0.330 e. The summed E-state index contributed by atoms with van der Waals surface area (Å²) in [6.07, 6.45) is 5.66. The highest BCUT2D eigenvalue weighted by Crippen LogP contribution is 2.22. The molecular weight excluding hydrogens is 98.1 g/mol. The van der Waals surface area contributed by atoms with E-state index < -0.39 is 0 Å². The van der Waals surface area contributed by atoms with Gasteiger partial charge in [-0.05, 0) is 24.8 Å². The van der Waals surface area contributed by atoms with E-state index in [2.05, 4.69) is 19.1 Å². The minimum absolute atomic E-state index is 0.722. The molecule has 0 aromatic rings. The lowest BCUT2D eigenvalue weighted by atomic mass is 9.98. The van der Waals surface area contributed by atoms with Gasteiger partial charge in [-0.15, -0.1) is 0 Å². The fraction of sp³-hybridized carbons (Fsp3) is 0.714. The van der Waals surface area contributed by atoms with E-state index in [1.165, 1.54) is 6.42 Å². The summed E-state index contributed by atoms with van der Waals surface area (Å²) in [5.74, 6) is 1.45. The lowest BCUT2D eigenvalue weighted by Crippen LogP contribution is -2.16. The van der Waals surface area contributed by atoms with E-state index in [9.17, 15) is 0 Å². The Hall–Kier alpha value is -0.300. The van der Waals surface area contributed by atoms with Gasteiger partial charge in [-0.2, -0.15) is 0 Å². The standard InChI is InChI=1S/C7H13N/c1-6-3-2-4-7(6)5-8/h2-3,6-7H,4-5,8H2,1H3. The third-order valence-corrected chi connectivity index (χ3v) is 1.92. The number of nitrogens with two attached hydrogens (primary N) is 1. The Bertz CT molecular complexity index is 96.6. The predicted octanol–water partition coefficient (Wildman–Crippen LogP) is 1.16. The van der Waals surface area contributed by atoms with E-state index in [-0.39, 0.29) is 0 Å². The first kappa shape index (κ1) is 5.83. The minimum atomic E-state index is 0.722. The van der Waals surface area contributed by atoms with Gasteiger partial charge >= 0.3 is 0 Å². The molecule has 0 bridgehead atoms.